The first-order chi connectivity index (χ1) is 14.9. The van der Waals surface area contributed by atoms with Crippen molar-refractivity contribution in [3.8, 4) is 5.88 Å². The zero-order valence-electron chi connectivity index (χ0n) is 16.5. The van der Waals surface area contributed by atoms with Crippen molar-refractivity contribution in [1.82, 2.24) is 4.98 Å². The van der Waals surface area contributed by atoms with E-state index in [1.165, 1.54) is 42.6 Å². The van der Waals surface area contributed by atoms with Gasteiger partial charge >= 0.3 is 0 Å². The summed E-state index contributed by atoms with van der Waals surface area (Å²) in [5.41, 5.74) is 0.763. The van der Waals surface area contributed by atoms with Crippen LogP contribution >= 0.6 is 0 Å². The summed E-state index contributed by atoms with van der Waals surface area (Å²) in [6, 6.07) is 13.7. The van der Waals surface area contributed by atoms with E-state index in [1.807, 2.05) is 0 Å². The van der Waals surface area contributed by atoms with Gasteiger partial charge in [-0.25, -0.2) is 17.8 Å². The Balaban J connectivity index is 1.68. The molecule has 0 aliphatic heterocycles. The third kappa shape index (κ3) is 6.24. The maximum Gasteiger partial charge on any atom is 0.261 e. The average Bonchev–Trinajstić information content (AvgIpc) is 2.77. The van der Waals surface area contributed by atoms with Crippen LogP contribution in [0.2, 0.25) is 0 Å². The third-order valence-electron chi connectivity index (χ3n) is 4.03. The van der Waals surface area contributed by atoms with E-state index in [9.17, 15) is 17.6 Å². The number of aromatic nitrogens is 1. The van der Waals surface area contributed by atoms with Gasteiger partial charge in [-0.05, 0) is 48.5 Å². The Labute approximate surface area is 179 Å². The first-order valence-corrected chi connectivity index (χ1v) is 10.6. The monoisotopic (exact) mass is 445 g/mol. The number of carbonyl (C=O) groups is 1. The Morgan fingerprint density at radius 2 is 1.77 bits per heavy atom. The van der Waals surface area contributed by atoms with Crippen molar-refractivity contribution >= 4 is 27.3 Å². The molecule has 1 aromatic heterocycles. The van der Waals surface area contributed by atoms with Crippen LogP contribution in [0.1, 0.15) is 10.4 Å². The standard InChI is InChI=1S/C21H20FN3O5S/c1-29-11-12-30-20-10-9-18(14-23-20)24-21(26)15-3-2-4-19(13-15)31(27,28)25-17-7-5-16(22)6-8-17/h2-10,13-14,25H,11-12H2,1H3,(H,24,26). The van der Waals surface area contributed by atoms with E-state index in [-0.39, 0.29) is 16.1 Å². The first kappa shape index (κ1) is 22.2. The smallest absolute Gasteiger partial charge is 0.261 e. The number of halogens is 1. The van der Waals surface area contributed by atoms with Crippen LogP contribution in [0.15, 0.2) is 71.8 Å². The van der Waals surface area contributed by atoms with Crippen LogP contribution in [-0.2, 0) is 14.8 Å². The molecule has 0 radical (unpaired) electrons. The van der Waals surface area contributed by atoms with Crippen molar-refractivity contribution < 1.29 is 27.1 Å². The molecule has 8 nitrogen and oxygen atoms in total. The Kier molecular flexibility index (Phi) is 7.16. The van der Waals surface area contributed by atoms with Crippen LogP contribution < -0.4 is 14.8 Å². The van der Waals surface area contributed by atoms with Gasteiger partial charge in [-0.2, -0.15) is 0 Å². The SMILES string of the molecule is COCCOc1ccc(NC(=O)c2cccc(S(=O)(=O)Nc3ccc(F)cc3)c2)cn1. The van der Waals surface area contributed by atoms with Gasteiger partial charge in [-0.1, -0.05) is 6.07 Å². The molecule has 1 heterocycles. The molecule has 162 valence electrons. The van der Waals surface area contributed by atoms with E-state index >= 15 is 0 Å². The number of hydrogen-bond donors (Lipinski definition) is 2. The average molecular weight is 445 g/mol. The molecule has 0 saturated carbocycles. The zero-order chi connectivity index (χ0) is 22.3. The largest absolute Gasteiger partial charge is 0.475 e. The first-order valence-electron chi connectivity index (χ1n) is 9.15. The van der Waals surface area contributed by atoms with Crippen LogP contribution in [-0.4, -0.2) is 39.6 Å². The summed E-state index contributed by atoms with van der Waals surface area (Å²) in [5, 5.41) is 2.65. The van der Waals surface area contributed by atoms with Crippen LogP contribution in [0.4, 0.5) is 15.8 Å². The van der Waals surface area contributed by atoms with Crippen molar-refractivity contribution in [2.75, 3.05) is 30.4 Å². The Morgan fingerprint density at radius 1 is 1.03 bits per heavy atom. The number of hydrogen-bond acceptors (Lipinski definition) is 6. The Hall–Kier alpha value is -3.50. The number of carbonyl (C=O) groups excluding carboxylic acids is 1. The molecule has 0 atom stereocenters. The third-order valence-corrected chi connectivity index (χ3v) is 5.41. The second-order valence-electron chi connectivity index (χ2n) is 6.32. The number of nitrogens with one attached hydrogen (secondary N) is 2. The minimum atomic E-state index is -3.96. The van der Waals surface area contributed by atoms with E-state index in [0.717, 1.165) is 12.1 Å². The lowest BCUT2D eigenvalue weighted by atomic mass is 10.2. The molecule has 0 spiro atoms. The molecule has 2 aromatic carbocycles. The second-order valence-corrected chi connectivity index (χ2v) is 8.00. The maximum absolute atomic E-state index is 13.0. The van der Waals surface area contributed by atoms with Gasteiger partial charge in [0.15, 0.2) is 0 Å². The highest BCUT2D eigenvalue weighted by Gasteiger charge is 2.17. The summed E-state index contributed by atoms with van der Waals surface area (Å²) in [6.45, 7) is 0.776. The van der Waals surface area contributed by atoms with Crippen LogP contribution in [0.25, 0.3) is 0 Å². The highest BCUT2D eigenvalue weighted by molar-refractivity contribution is 7.92. The van der Waals surface area contributed by atoms with Crippen LogP contribution in [0.3, 0.4) is 0 Å². The summed E-state index contributed by atoms with van der Waals surface area (Å²) in [5.74, 6) is -0.602. The van der Waals surface area contributed by atoms with E-state index in [2.05, 4.69) is 15.0 Å². The van der Waals surface area contributed by atoms with E-state index in [4.69, 9.17) is 9.47 Å². The van der Waals surface area contributed by atoms with Gasteiger partial charge in [-0.15, -0.1) is 0 Å². The molecule has 0 aliphatic carbocycles. The molecule has 3 aromatic rings. The molecular formula is C21H20FN3O5S. The summed E-state index contributed by atoms with van der Waals surface area (Å²) < 4.78 is 50.8. The number of amides is 1. The van der Waals surface area contributed by atoms with Crippen LogP contribution in [0.5, 0.6) is 5.88 Å². The number of nitrogens with zero attached hydrogens (tertiary/aromatic N) is 1. The lowest BCUT2D eigenvalue weighted by Crippen LogP contribution is -2.16. The molecule has 0 fully saturated rings. The summed E-state index contributed by atoms with van der Waals surface area (Å²) in [4.78, 5) is 16.5. The topological polar surface area (TPSA) is 107 Å². The van der Waals surface area contributed by atoms with Crippen molar-refractivity contribution in [1.29, 1.82) is 0 Å². The van der Waals surface area contributed by atoms with Gasteiger partial charge in [0.25, 0.3) is 15.9 Å². The van der Waals surface area contributed by atoms with Crippen molar-refractivity contribution in [3.63, 3.8) is 0 Å². The minimum absolute atomic E-state index is 0.107. The summed E-state index contributed by atoms with van der Waals surface area (Å²) >= 11 is 0. The van der Waals surface area contributed by atoms with Gasteiger partial charge in [-0.3, -0.25) is 9.52 Å². The summed E-state index contributed by atoms with van der Waals surface area (Å²) in [7, 11) is -2.40. The van der Waals surface area contributed by atoms with Crippen molar-refractivity contribution in [2.24, 2.45) is 0 Å². The molecule has 31 heavy (non-hydrogen) atoms. The lowest BCUT2D eigenvalue weighted by molar-refractivity contribution is 0.102. The Morgan fingerprint density at radius 3 is 2.45 bits per heavy atom. The van der Waals surface area contributed by atoms with E-state index < -0.39 is 21.7 Å². The molecule has 1 amide bonds. The van der Waals surface area contributed by atoms with Gasteiger partial charge in [0.2, 0.25) is 5.88 Å². The highest BCUT2D eigenvalue weighted by Crippen LogP contribution is 2.19. The predicted octanol–water partition coefficient (Wildman–Crippen LogP) is 3.30. The second kappa shape index (κ2) is 10.0. The number of ether oxygens (including phenoxy) is 2. The number of benzene rings is 2. The zero-order valence-corrected chi connectivity index (χ0v) is 17.4. The van der Waals surface area contributed by atoms with Gasteiger partial charge in [0, 0.05) is 24.4 Å². The van der Waals surface area contributed by atoms with Gasteiger partial charge in [0.1, 0.15) is 12.4 Å². The number of rotatable bonds is 9. The van der Waals surface area contributed by atoms with E-state index in [1.54, 1.807) is 19.2 Å². The van der Waals surface area contributed by atoms with Crippen molar-refractivity contribution in [2.45, 2.75) is 4.90 Å². The van der Waals surface area contributed by atoms with Crippen molar-refractivity contribution in [3.05, 3.63) is 78.2 Å². The molecule has 3 rings (SSSR count). The normalized spacial score (nSPS) is 11.0. The molecule has 2 N–H and O–H groups in total. The number of methoxy groups -OCH3 is 1. The fraction of sp³-hybridized carbons (Fsp3) is 0.143. The lowest BCUT2D eigenvalue weighted by Gasteiger charge is -2.10. The number of sulfonamides is 1. The minimum Gasteiger partial charge on any atom is -0.475 e. The fourth-order valence-corrected chi connectivity index (χ4v) is 3.61. The number of anilines is 2. The molecule has 0 unspecified atom stereocenters. The van der Waals surface area contributed by atoms with Gasteiger partial charge in [0.05, 0.1) is 23.4 Å². The summed E-state index contributed by atoms with van der Waals surface area (Å²) in [6.07, 6.45) is 1.43. The quantitative estimate of drug-likeness (QED) is 0.490. The number of pyridine rings is 1. The molecule has 0 aliphatic rings. The molecule has 0 saturated heterocycles. The fourth-order valence-electron chi connectivity index (χ4n) is 2.51. The molecule has 10 heteroatoms. The molecular weight excluding hydrogens is 425 g/mol. The maximum atomic E-state index is 13.0. The van der Waals surface area contributed by atoms with E-state index in [0.29, 0.717) is 24.8 Å². The Bertz CT molecular complexity index is 1140. The van der Waals surface area contributed by atoms with Crippen LogP contribution in [0, 0.1) is 5.82 Å². The van der Waals surface area contributed by atoms with Gasteiger partial charge < -0.3 is 14.8 Å². The molecule has 0 bridgehead atoms. The highest BCUT2D eigenvalue weighted by atomic mass is 32.2. The predicted molar refractivity (Wildman–Crippen MR) is 113 cm³/mol.